The number of halogens is 3. The second-order valence-electron chi connectivity index (χ2n) is 5.17. The van der Waals surface area contributed by atoms with Gasteiger partial charge in [0.25, 0.3) is 0 Å². The van der Waals surface area contributed by atoms with E-state index in [1.165, 1.54) is 25.3 Å². The van der Waals surface area contributed by atoms with Gasteiger partial charge in [-0.05, 0) is 18.2 Å². The van der Waals surface area contributed by atoms with E-state index in [2.05, 4.69) is 9.72 Å². The minimum Gasteiger partial charge on any atom is -0.434 e. The van der Waals surface area contributed by atoms with Gasteiger partial charge in [-0.25, -0.2) is 9.37 Å². The highest BCUT2D eigenvalue weighted by molar-refractivity contribution is 5.76. The van der Waals surface area contributed by atoms with Gasteiger partial charge in [-0.15, -0.1) is 0 Å². The number of ether oxygens (including phenoxy) is 2. The molecular weight excluding hydrogens is 321 g/mol. The molecule has 24 heavy (non-hydrogen) atoms. The number of alkyl halides is 2. The average Bonchev–Trinajstić information content (AvgIpc) is 2.86. The van der Waals surface area contributed by atoms with E-state index in [4.69, 9.17) is 4.74 Å². The molecule has 3 aromatic rings. The summed E-state index contributed by atoms with van der Waals surface area (Å²) in [5.74, 6) is 0.280. The number of nitrogens with zero attached hydrogens (tertiary/aromatic N) is 2. The second kappa shape index (κ2) is 6.92. The van der Waals surface area contributed by atoms with Crippen molar-refractivity contribution in [3.63, 3.8) is 0 Å². The average molecular weight is 336 g/mol. The lowest BCUT2D eigenvalue weighted by atomic mass is 10.2. The van der Waals surface area contributed by atoms with E-state index in [0.717, 1.165) is 0 Å². The Hall–Kier alpha value is -2.54. The smallest absolute Gasteiger partial charge is 0.387 e. The van der Waals surface area contributed by atoms with Crippen LogP contribution in [0.15, 0.2) is 42.5 Å². The Morgan fingerprint density at radius 2 is 1.96 bits per heavy atom. The number of imidazole rings is 1. The number of para-hydroxylation sites is 1. The van der Waals surface area contributed by atoms with Crippen LogP contribution in [-0.2, 0) is 17.9 Å². The van der Waals surface area contributed by atoms with Crippen molar-refractivity contribution in [1.82, 2.24) is 9.55 Å². The predicted molar refractivity (Wildman–Crippen MR) is 82.6 cm³/mol. The van der Waals surface area contributed by atoms with Crippen molar-refractivity contribution in [2.75, 3.05) is 7.11 Å². The molecular formula is C17H15F3N2O2. The highest BCUT2D eigenvalue weighted by Gasteiger charge is 2.15. The molecule has 0 unspecified atom stereocenters. The Labute approximate surface area is 136 Å². The zero-order valence-corrected chi connectivity index (χ0v) is 12.9. The second-order valence-corrected chi connectivity index (χ2v) is 5.17. The number of hydrogen-bond acceptors (Lipinski definition) is 3. The summed E-state index contributed by atoms with van der Waals surface area (Å²) in [6.45, 7) is -2.43. The Kier molecular flexibility index (Phi) is 4.71. The van der Waals surface area contributed by atoms with E-state index in [9.17, 15) is 13.2 Å². The maximum Gasteiger partial charge on any atom is 0.387 e. The van der Waals surface area contributed by atoms with Crippen LogP contribution in [0.5, 0.6) is 5.75 Å². The third-order valence-corrected chi connectivity index (χ3v) is 3.58. The molecule has 0 amide bonds. The molecule has 0 N–H and O–H groups in total. The summed E-state index contributed by atoms with van der Waals surface area (Å²) in [6, 6.07) is 10.8. The van der Waals surface area contributed by atoms with Gasteiger partial charge in [0, 0.05) is 18.7 Å². The Morgan fingerprint density at radius 1 is 1.17 bits per heavy atom. The molecule has 0 aliphatic heterocycles. The summed E-state index contributed by atoms with van der Waals surface area (Å²) < 4.78 is 50.1. The molecule has 2 aromatic carbocycles. The Balaban J connectivity index is 2.05. The van der Waals surface area contributed by atoms with E-state index in [-0.39, 0.29) is 18.9 Å². The monoisotopic (exact) mass is 336 g/mol. The standard InChI is InChI=1S/C17H15F3N2O2/c1-23-10-16-21-13-8-12(18)6-7-14(13)22(16)9-11-4-2-3-5-15(11)24-17(19)20/h2-8,17H,9-10H2,1H3. The number of benzene rings is 2. The molecule has 7 heteroatoms. The van der Waals surface area contributed by atoms with Crippen molar-refractivity contribution < 1.29 is 22.6 Å². The third kappa shape index (κ3) is 3.35. The van der Waals surface area contributed by atoms with Crippen LogP contribution in [0.1, 0.15) is 11.4 Å². The molecule has 0 radical (unpaired) electrons. The lowest BCUT2D eigenvalue weighted by Gasteiger charge is -2.13. The van der Waals surface area contributed by atoms with E-state index < -0.39 is 12.4 Å². The van der Waals surface area contributed by atoms with Crippen molar-refractivity contribution in [3.05, 3.63) is 59.7 Å². The van der Waals surface area contributed by atoms with Crippen LogP contribution in [0, 0.1) is 5.82 Å². The minimum atomic E-state index is -2.90. The van der Waals surface area contributed by atoms with E-state index in [1.807, 2.05) is 0 Å². The van der Waals surface area contributed by atoms with Gasteiger partial charge in [-0.3, -0.25) is 0 Å². The van der Waals surface area contributed by atoms with E-state index >= 15 is 0 Å². The first kappa shape index (κ1) is 16.3. The van der Waals surface area contributed by atoms with Crippen LogP contribution in [0.4, 0.5) is 13.2 Å². The molecule has 3 rings (SSSR count). The fraction of sp³-hybridized carbons (Fsp3) is 0.235. The molecule has 0 atom stereocenters. The largest absolute Gasteiger partial charge is 0.434 e. The quantitative estimate of drug-likeness (QED) is 0.683. The molecule has 1 heterocycles. The molecule has 0 fully saturated rings. The number of methoxy groups -OCH3 is 1. The molecule has 0 bridgehead atoms. The van der Waals surface area contributed by atoms with Crippen LogP contribution < -0.4 is 4.74 Å². The summed E-state index contributed by atoms with van der Waals surface area (Å²) >= 11 is 0. The molecule has 0 aliphatic rings. The maximum atomic E-state index is 13.4. The zero-order valence-electron chi connectivity index (χ0n) is 12.9. The minimum absolute atomic E-state index is 0.0971. The SMILES string of the molecule is COCc1nc2cc(F)ccc2n1Cc1ccccc1OC(F)F. The zero-order chi connectivity index (χ0) is 17.1. The lowest BCUT2D eigenvalue weighted by molar-refractivity contribution is -0.0504. The summed E-state index contributed by atoms with van der Waals surface area (Å²) in [7, 11) is 1.53. The topological polar surface area (TPSA) is 36.3 Å². The highest BCUT2D eigenvalue weighted by atomic mass is 19.3. The van der Waals surface area contributed by atoms with Crippen molar-refractivity contribution in [1.29, 1.82) is 0 Å². The molecule has 1 aromatic heterocycles. The number of aromatic nitrogens is 2. The lowest BCUT2D eigenvalue weighted by Crippen LogP contribution is -2.09. The van der Waals surface area contributed by atoms with Gasteiger partial charge in [0.05, 0.1) is 17.6 Å². The maximum absolute atomic E-state index is 13.4. The molecule has 126 valence electrons. The fourth-order valence-corrected chi connectivity index (χ4v) is 2.58. The Bertz CT molecular complexity index is 849. The summed E-state index contributed by atoms with van der Waals surface area (Å²) in [6.07, 6.45) is 0. The Morgan fingerprint density at radius 3 is 2.71 bits per heavy atom. The first-order valence-corrected chi connectivity index (χ1v) is 7.25. The van der Waals surface area contributed by atoms with Crippen molar-refractivity contribution >= 4 is 11.0 Å². The van der Waals surface area contributed by atoms with Crippen LogP contribution in [0.3, 0.4) is 0 Å². The first-order chi connectivity index (χ1) is 11.6. The van der Waals surface area contributed by atoms with Gasteiger partial charge in [-0.2, -0.15) is 8.78 Å². The van der Waals surface area contributed by atoms with Gasteiger partial charge < -0.3 is 14.0 Å². The van der Waals surface area contributed by atoms with E-state index in [0.29, 0.717) is 22.4 Å². The van der Waals surface area contributed by atoms with Crippen LogP contribution in [0.2, 0.25) is 0 Å². The van der Waals surface area contributed by atoms with Crippen molar-refractivity contribution in [2.45, 2.75) is 19.8 Å². The van der Waals surface area contributed by atoms with Gasteiger partial charge in [-0.1, -0.05) is 18.2 Å². The van der Waals surface area contributed by atoms with E-state index in [1.54, 1.807) is 28.8 Å². The van der Waals surface area contributed by atoms with Crippen LogP contribution in [0.25, 0.3) is 11.0 Å². The number of hydrogen-bond donors (Lipinski definition) is 0. The summed E-state index contributed by atoms with van der Waals surface area (Å²) in [4.78, 5) is 4.36. The molecule has 0 saturated carbocycles. The first-order valence-electron chi connectivity index (χ1n) is 7.25. The predicted octanol–water partition coefficient (Wildman–Crippen LogP) is 3.97. The van der Waals surface area contributed by atoms with Gasteiger partial charge in [0.15, 0.2) is 0 Å². The van der Waals surface area contributed by atoms with Crippen LogP contribution in [-0.4, -0.2) is 23.3 Å². The highest BCUT2D eigenvalue weighted by Crippen LogP contribution is 2.25. The molecule has 4 nitrogen and oxygen atoms in total. The van der Waals surface area contributed by atoms with Crippen molar-refractivity contribution in [3.8, 4) is 5.75 Å². The van der Waals surface area contributed by atoms with Gasteiger partial charge in [0.2, 0.25) is 0 Å². The van der Waals surface area contributed by atoms with Gasteiger partial charge in [0.1, 0.15) is 24.0 Å². The summed E-state index contributed by atoms with van der Waals surface area (Å²) in [5.41, 5.74) is 1.74. The van der Waals surface area contributed by atoms with Crippen molar-refractivity contribution in [2.24, 2.45) is 0 Å². The summed E-state index contributed by atoms with van der Waals surface area (Å²) in [5, 5.41) is 0. The number of fused-ring (bicyclic) bond motifs is 1. The van der Waals surface area contributed by atoms with Crippen LogP contribution >= 0.6 is 0 Å². The normalized spacial score (nSPS) is 11.4. The molecule has 0 aliphatic carbocycles. The van der Waals surface area contributed by atoms with Gasteiger partial charge >= 0.3 is 6.61 Å². The molecule has 0 spiro atoms. The fourth-order valence-electron chi connectivity index (χ4n) is 2.58. The molecule has 0 saturated heterocycles. The third-order valence-electron chi connectivity index (χ3n) is 3.58. The number of rotatable bonds is 6.